The van der Waals surface area contributed by atoms with Crippen molar-refractivity contribution in [3.8, 4) is 0 Å². The molecule has 1 aromatic heterocycles. The summed E-state index contributed by atoms with van der Waals surface area (Å²) in [5.74, 6) is 1.54. The second-order valence-corrected chi connectivity index (χ2v) is 3.98. The van der Waals surface area contributed by atoms with Crippen molar-refractivity contribution in [3.05, 3.63) is 11.7 Å². The topological polar surface area (TPSA) is 54.2 Å². The van der Waals surface area contributed by atoms with E-state index in [-0.39, 0.29) is 0 Å². The summed E-state index contributed by atoms with van der Waals surface area (Å²) < 4.78 is 5.18. The molecule has 0 aromatic carbocycles. The van der Waals surface area contributed by atoms with Gasteiger partial charge in [0.15, 0.2) is 5.82 Å². The number of rotatable bonds is 3. The van der Waals surface area contributed by atoms with Gasteiger partial charge in [-0.05, 0) is 6.92 Å². The van der Waals surface area contributed by atoms with Crippen LogP contribution in [0.1, 0.15) is 25.6 Å². The first-order valence-electron chi connectivity index (χ1n) is 5.56. The third-order valence-corrected chi connectivity index (χ3v) is 2.80. The molecule has 1 aromatic rings. The third-order valence-electron chi connectivity index (χ3n) is 2.80. The fourth-order valence-electron chi connectivity index (χ4n) is 1.79. The Morgan fingerprint density at radius 3 is 3.13 bits per heavy atom. The van der Waals surface area contributed by atoms with Gasteiger partial charge in [0.1, 0.15) is 0 Å². The van der Waals surface area contributed by atoms with E-state index in [0.717, 1.165) is 44.3 Å². The largest absolute Gasteiger partial charge is 0.338 e. The summed E-state index contributed by atoms with van der Waals surface area (Å²) in [6.45, 7) is 8.14. The van der Waals surface area contributed by atoms with Crippen LogP contribution in [0, 0.1) is 0 Å². The molecular formula is C10H18N4O. The summed E-state index contributed by atoms with van der Waals surface area (Å²) in [7, 11) is 0. The average Bonchev–Trinajstić information content (AvgIpc) is 2.69. The summed E-state index contributed by atoms with van der Waals surface area (Å²) in [4.78, 5) is 6.68. The molecule has 0 bridgehead atoms. The van der Waals surface area contributed by atoms with E-state index in [2.05, 4.69) is 27.3 Å². The summed E-state index contributed by atoms with van der Waals surface area (Å²) in [6, 6.07) is 0.538. The van der Waals surface area contributed by atoms with Gasteiger partial charge in [-0.15, -0.1) is 0 Å². The highest BCUT2D eigenvalue weighted by molar-refractivity contribution is 4.87. The van der Waals surface area contributed by atoms with Crippen LogP contribution < -0.4 is 5.32 Å². The van der Waals surface area contributed by atoms with Gasteiger partial charge in [-0.2, -0.15) is 4.98 Å². The molecule has 1 aliphatic rings. The lowest BCUT2D eigenvalue weighted by Crippen LogP contribution is -2.49. The van der Waals surface area contributed by atoms with Crippen molar-refractivity contribution >= 4 is 0 Å². The first-order chi connectivity index (χ1) is 7.29. The SMILES string of the molecule is CCc1noc(CN2CCNCC2C)n1. The number of hydrogen-bond donors (Lipinski definition) is 1. The predicted molar refractivity (Wildman–Crippen MR) is 56.4 cm³/mol. The second-order valence-electron chi connectivity index (χ2n) is 3.98. The zero-order chi connectivity index (χ0) is 10.7. The second kappa shape index (κ2) is 4.72. The molecule has 1 fully saturated rings. The lowest BCUT2D eigenvalue weighted by Gasteiger charge is -2.32. The molecule has 1 atom stereocenters. The van der Waals surface area contributed by atoms with Gasteiger partial charge in [-0.1, -0.05) is 12.1 Å². The highest BCUT2D eigenvalue weighted by Crippen LogP contribution is 2.08. The monoisotopic (exact) mass is 210 g/mol. The van der Waals surface area contributed by atoms with E-state index in [1.165, 1.54) is 0 Å². The van der Waals surface area contributed by atoms with Crippen LogP contribution in [0.15, 0.2) is 4.52 Å². The van der Waals surface area contributed by atoms with Crippen LogP contribution in [0.5, 0.6) is 0 Å². The predicted octanol–water partition coefficient (Wildman–Crippen LogP) is 0.426. The smallest absolute Gasteiger partial charge is 0.240 e. The van der Waals surface area contributed by atoms with Crippen LogP contribution >= 0.6 is 0 Å². The van der Waals surface area contributed by atoms with Gasteiger partial charge >= 0.3 is 0 Å². The highest BCUT2D eigenvalue weighted by Gasteiger charge is 2.20. The van der Waals surface area contributed by atoms with E-state index >= 15 is 0 Å². The van der Waals surface area contributed by atoms with E-state index in [4.69, 9.17) is 4.52 Å². The summed E-state index contributed by atoms with van der Waals surface area (Å²) in [6.07, 6.45) is 0.834. The minimum atomic E-state index is 0.538. The molecule has 0 spiro atoms. The van der Waals surface area contributed by atoms with Crippen LogP contribution in [-0.4, -0.2) is 40.7 Å². The highest BCUT2D eigenvalue weighted by atomic mass is 16.5. The van der Waals surface area contributed by atoms with Gasteiger partial charge in [-0.25, -0.2) is 0 Å². The van der Waals surface area contributed by atoms with Crippen molar-refractivity contribution in [1.82, 2.24) is 20.4 Å². The fraction of sp³-hybridized carbons (Fsp3) is 0.800. The molecule has 0 radical (unpaired) electrons. The minimum absolute atomic E-state index is 0.538. The molecule has 5 heteroatoms. The standard InChI is InChI=1S/C10H18N4O/c1-3-9-12-10(15-13-9)7-14-5-4-11-6-8(14)2/h8,11H,3-7H2,1-2H3. The van der Waals surface area contributed by atoms with E-state index in [1.54, 1.807) is 0 Å². The molecule has 1 N–H and O–H groups in total. The first kappa shape index (κ1) is 10.6. The Labute approximate surface area is 89.8 Å². The van der Waals surface area contributed by atoms with E-state index in [9.17, 15) is 0 Å². The van der Waals surface area contributed by atoms with Crippen LogP contribution in [-0.2, 0) is 13.0 Å². The molecule has 1 unspecified atom stereocenters. The summed E-state index contributed by atoms with van der Waals surface area (Å²) in [5, 5.41) is 7.26. The van der Waals surface area contributed by atoms with E-state index in [0.29, 0.717) is 6.04 Å². The molecule has 0 aliphatic carbocycles. The Morgan fingerprint density at radius 1 is 1.60 bits per heavy atom. The maximum Gasteiger partial charge on any atom is 0.240 e. The number of nitrogens with zero attached hydrogens (tertiary/aromatic N) is 3. The zero-order valence-electron chi connectivity index (χ0n) is 9.36. The normalized spacial score (nSPS) is 23.2. The van der Waals surface area contributed by atoms with Gasteiger partial charge in [0.05, 0.1) is 6.54 Å². The summed E-state index contributed by atoms with van der Waals surface area (Å²) >= 11 is 0. The van der Waals surface area contributed by atoms with Crippen molar-refractivity contribution in [1.29, 1.82) is 0 Å². The minimum Gasteiger partial charge on any atom is -0.338 e. The fourth-order valence-corrected chi connectivity index (χ4v) is 1.79. The van der Waals surface area contributed by atoms with Crippen molar-refractivity contribution in [3.63, 3.8) is 0 Å². The lowest BCUT2D eigenvalue weighted by molar-refractivity contribution is 0.146. The Kier molecular flexibility index (Phi) is 3.33. The van der Waals surface area contributed by atoms with Gasteiger partial charge < -0.3 is 9.84 Å². The molecule has 15 heavy (non-hydrogen) atoms. The van der Waals surface area contributed by atoms with E-state index in [1.807, 2.05) is 6.92 Å². The van der Waals surface area contributed by atoms with Crippen molar-refractivity contribution in [2.24, 2.45) is 0 Å². The van der Waals surface area contributed by atoms with Crippen molar-refractivity contribution < 1.29 is 4.52 Å². The number of hydrogen-bond acceptors (Lipinski definition) is 5. The van der Waals surface area contributed by atoms with Gasteiger partial charge in [0.2, 0.25) is 5.89 Å². The number of nitrogens with one attached hydrogen (secondary N) is 1. The molecule has 0 amide bonds. The maximum atomic E-state index is 5.18. The molecule has 2 heterocycles. The van der Waals surface area contributed by atoms with Gasteiger partial charge in [-0.3, -0.25) is 4.90 Å². The van der Waals surface area contributed by atoms with Gasteiger partial charge in [0.25, 0.3) is 0 Å². The van der Waals surface area contributed by atoms with Crippen molar-refractivity contribution in [2.45, 2.75) is 32.9 Å². The Hall–Kier alpha value is -0.940. The zero-order valence-corrected chi connectivity index (χ0v) is 9.36. The van der Waals surface area contributed by atoms with E-state index < -0.39 is 0 Å². The summed E-state index contributed by atoms with van der Waals surface area (Å²) in [5.41, 5.74) is 0. The molecule has 2 rings (SSSR count). The number of aryl methyl sites for hydroxylation is 1. The van der Waals surface area contributed by atoms with Crippen molar-refractivity contribution in [2.75, 3.05) is 19.6 Å². The molecular weight excluding hydrogens is 192 g/mol. The molecule has 5 nitrogen and oxygen atoms in total. The Balaban J connectivity index is 1.95. The van der Waals surface area contributed by atoms with Gasteiger partial charge in [0, 0.05) is 32.1 Å². The number of piperazine rings is 1. The average molecular weight is 210 g/mol. The molecule has 84 valence electrons. The molecule has 1 saturated heterocycles. The van der Waals surface area contributed by atoms with Crippen LogP contribution in [0.2, 0.25) is 0 Å². The van der Waals surface area contributed by atoms with Crippen LogP contribution in [0.3, 0.4) is 0 Å². The quantitative estimate of drug-likeness (QED) is 0.784. The maximum absolute atomic E-state index is 5.18. The lowest BCUT2D eigenvalue weighted by atomic mass is 10.2. The third kappa shape index (κ3) is 2.54. The number of aromatic nitrogens is 2. The molecule has 1 aliphatic heterocycles. The molecule has 0 saturated carbocycles. The Morgan fingerprint density at radius 2 is 2.47 bits per heavy atom. The first-order valence-corrected chi connectivity index (χ1v) is 5.56. The van der Waals surface area contributed by atoms with Crippen LogP contribution in [0.25, 0.3) is 0 Å². The Bertz CT molecular complexity index is 312. The van der Waals surface area contributed by atoms with Crippen LogP contribution in [0.4, 0.5) is 0 Å².